The van der Waals surface area contributed by atoms with E-state index >= 15 is 0 Å². The molecule has 2 fully saturated rings. The summed E-state index contributed by atoms with van der Waals surface area (Å²) in [6.45, 7) is 17.7. The Hall–Kier alpha value is -0.240. The van der Waals surface area contributed by atoms with E-state index in [0.29, 0.717) is 6.61 Å². The van der Waals surface area contributed by atoms with Gasteiger partial charge in [0, 0.05) is 35.4 Å². The van der Waals surface area contributed by atoms with E-state index in [9.17, 15) is 10.4 Å². The van der Waals surface area contributed by atoms with Crippen molar-refractivity contribution in [3.8, 4) is 0 Å². The lowest BCUT2D eigenvalue weighted by Crippen LogP contribution is -2.60. The minimum Gasteiger partial charge on any atom is -0.378 e. The largest absolute Gasteiger partial charge is 0.378 e. The van der Waals surface area contributed by atoms with Crippen molar-refractivity contribution >= 4 is 0 Å². The minimum atomic E-state index is -0.378. The van der Waals surface area contributed by atoms with Gasteiger partial charge in [-0.15, -0.1) is 10.3 Å². The molecular formula is C22H43N2O4. The van der Waals surface area contributed by atoms with Gasteiger partial charge >= 0.3 is 0 Å². The molecule has 28 heavy (non-hydrogen) atoms. The van der Waals surface area contributed by atoms with Gasteiger partial charge in [0.05, 0.1) is 12.2 Å². The van der Waals surface area contributed by atoms with E-state index in [1.807, 2.05) is 27.7 Å². The van der Waals surface area contributed by atoms with E-state index in [4.69, 9.17) is 9.47 Å². The third kappa shape index (κ3) is 5.67. The van der Waals surface area contributed by atoms with E-state index in [1.54, 1.807) is 0 Å². The zero-order chi connectivity index (χ0) is 21.4. The molecule has 2 heterocycles. The number of hydrogen-bond acceptors (Lipinski definition) is 5. The van der Waals surface area contributed by atoms with Gasteiger partial charge in [-0.1, -0.05) is 0 Å². The number of rotatable bonds is 7. The van der Waals surface area contributed by atoms with Crippen LogP contribution in [0.4, 0.5) is 0 Å². The van der Waals surface area contributed by atoms with E-state index in [0.717, 1.165) is 45.1 Å². The van der Waals surface area contributed by atoms with E-state index in [-0.39, 0.29) is 34.4 Å². The van der Waals surface area contributed by atoms with Crippen LogP contribution in [0.25, 0.3) is 0 Å². The minimum absolute atomic E-state index is 0.145. The molecule has 6 nitrogen and oxygen atoms in total. The number of piperidine rings is 2. The molecule has 0 bridgehead atoms. The molecule has 0 aromatic carbocycles. The van der Waals surface area contributed by atoms with Crippen LogP contribution >= 0.6 is 0 Å². The molecule has 2 aliphatic heterocycles. The lowest BCUT2D eigenvalue weighted by Gasteiger charge is -2.51. The molecule has 2 saturated heterocycles. The summed E-state index contributed by atoms with van der Waals surface area (Å²) in [5, 5.41) is 25.5. The van der Waals surface area contributed by atoms with Crippen LogP contribution in [0.15, 0.2) is 0 Å². The first-order valence-corrected chi connectivity index (χ1v) is 10.9. The first-order valence-electron chi connectivity index (χ1n) is 10.9. The molecule has 0 spiro atoms. The summed E-state index contributed by atoms with van der Waals surface area (Å²) >= 11 is 0. The van der Waals surface area contributed by atoms with E-state index in [2.05, 4.69) is 27.7 Å². The lowest BCUT2D eigenvalue weighted by atomic mass is 9.80. The Bertz CT molecular complexity index is 437. The summed E-state index contributed by atoms with van der Waals surface area (Å²) < 4.78 is 12.2. The first-order chi connectivity index (χ1) is 12.7. The monoisotopic (exact) mass is 399 g/mol. The van der Waals surface area contributed by atoms with Crippen LogP contribution in [0.1, 0.15) is 93.9 Å². The van der Waals surface area contributed by atoms with Gasteiger partial charge in [-0.3, -0.25) is 0 Å². The molecule has 1 N–H and O–H groups in total. The Labute approximate surface area is 172 Å². The second-order valence-corrected chi connectivity index (χ2v) is 11.4. The molecule has 0 amide bonds. The predicted molar refractivity (Wildman–Crippen MR) is 110 cm³/mol. The molecule has 0 unspecified atom stereocenters. The van der Waals surface area contributed by atoms with Crippen LogP contribution in [-0.4, -0.2) is 62.9 Å². The highest BCUT2D eigenvalue weighted by Gasteiger charge is 2.47. The molecule has 2 aliphatic rings. The van der Waals surface area contributed by atoms with Crippen molar-refractivity contribution in [2.75, 3.05) is 13.2 Å². The van der Waals surface area contributed by atoms with Gasteiger partial charge in [0.25, 0.3) is 0 Å². The maximum Gasteiger partial charge on any atom is 0.0611 e. The number of nitrogens with zero attached hydrogens (tertiary/aromatic N) is 2. The Morgan fingerprint density at radius 2 is 1.04 bits per heavy atom. The molecular weight excluding hydrogens is 356 g/mol. The number of hydroxylamine groups is 4. The maximum atomic E-state index is 12.4. The smallest absolute Gasteiger partial charge is 0.0611 e. The second kappa shape index (κ2) is 8.48. The highest BCUT2D eigenvalue weighted by atomic mass is 16.5. The standard InChI is InChI=1S/C22H43N2O4/c1-19(2)13-17(14-20(3,4)23(19)25)27-11-9-10-12-28-18-15-21(5,6)24(26)22(7,8)16-18/h17-18,25H,9-16H2,1-8H3. The van der Waals surface area contributed by atoms with Gasteiger partial charge in [0.15, 0.2) is 0 Å². The average Bonchev–Trinajstić information content (AvgIpc) is 2.52. The van der Waals surface area contributed by atoms with Crippen molar-refractivity contribution < 1.29 is 19.9 Å². The van der Waals surface area contributed by atoms with Crippen molar-refractivity contribution in [3.05, 3.63) is 0 Å². The van der Waals surface area contributed by atoms with E-state index in [1.165, 1.54) is 10.1 Å². The maximum absolute atomic E-state index is 12.4. The summed E-state index contributed by atoms with van der Waals surface area (Å²) in [6.07, 6.45) is 5.48. The molecule has 2 rings (SSSR count). The Morgan fingerprint density at radius 3 is 1.39 bits per heavy atom. The van der Waals surface area contributed by atoms with Crippen molar-refractivity contribution in [3.63, 3.8) is 0 Å². The second-order valence-electron chi connectivity index (χ2n) is 11.4. The molecule has 0 aromatic rings. The number of ether oxygens (including phenoxy) is 2. The highest BCUT2D eigenvalue weighted by Crippen LogP contribution is 2.39. The quantitative estimate of drug-likeness (QED) is 0.635. The van der Waals surface area contributed by atoms with Crippen LogP contribution in [-0.2, 0) is 14.7 Å². The third-order valence-electron chi connectivity index (χ3n) is 6.40. The summed E-state index contributed by atoms with van der Waals surface area (Å²) in [5.41, 5.74) is -1.30. The van der Waals surface area contributed by atoms with Gasteiger partial charge in [-0.2, -0.15) is 5.06 Å². The Kier molecular flexibility index (Phi) is 7.28. The molecule has 0 saturated carbocycles. The Balaban J connectivity index is 1.67. The highest BCUT2D eigenvalue weighted by molar-refractivity contribution is 4.97. The van der Waals surface area contributed by atoms with E-state index < -0.39 is 0 Å². The van der Waals surface area contributed by atoms with Gasteiger partial charge in [0.2, 0.25) is 0 Å². The zero-order valence-electron chi connectivity index (χ0n) is 19.4. The fourth-order valence-corrected chi connectivity index (χ4v) is 5.29. The Morgan fingerprint density at radius 1 is 0.714 bits per heavy atom. The van der Waals surface area contributed by atoms with Crippen molar-refractivity contribution in [1.29, 1.82) is 0 Å². The van der Waals surface area contributed by atoms with Crippen LogP contribution < -0.4 is 0 Å². The SMILES string of the molecule is CC1(C)CC(OCCCCOC2CC(C)(C)N(O)C(C)(C)C2)CC(C)(C)N1[O]. The topological polar surface area (TPSA) is 65.1 Å². The molecule has 0 atom stereocenters. The van der Waals surface area contributed by atoms with Crippen molar-refractivity contribution in [2.45, 2.75) is 128 Å². The van der Waals surface area contributed by atoms with Crippen molar-refractivity contribution in [2.24, 2.45) is 0 Å². The zero-order valence-corrected chi connectivity index (χ0v) is 19.4. The summed E-state index contributed by atoms with van der Waals surface area (Å²) in [6, 6.07) is 0. The normalized spacial score (nSPS) is 28.5. The third-order valence-corrected chi connectivity index (χ3v) is 6.40. The van der Waals surface area contributed by atoms with Crippen molar-refractivity contribution in [1.82, 2.24) is 10.1 Å². The van der Waals surface area contributed by atoms with Crippen LogP contribution in [0, 0.1) is 0 Å². The predicted octanol–water partition coefficient (Wildman–Crippen LogP) is 4.58. The molecule has 6 heteroatoms. The molecule has 165 valence electrons. The fourth-order valence-electron chi connectivity index (χ4n) is 5.29. The van der Waals surface area contributed by atoms with Gasteiger partial charge in [0.1, 0.15) is 0 Å². The number of unbranched alkanes of at least 4 members (excludes halogenated alkanes) is 1. The van der Waals surface area contributed by atoms with Gasteiger partial charge in [-0.05, 0) is 93.9 Å². The fraction of sp³-hybridized carbons (Fsp3) is 1.00. The van der Waals surface area contributed by atoms with Gasteiger partial charge in [-0.25, -0.2) is 0 Å². The molecule has 0 aliphatic carbocycles. The van der Waals surface area contributed by atoms with Crippen LogP contribution in [0.5, 0.6) is 0 Å². The lowest BCUT2D eigenvalue weighted by molar-refractivity contribution is -0.301. The molecule has 0 aromatic heterocycles. The molecule has 1 radical (unpaired) electrons. The van der Waals surface area contributed by atoms with Crippen LogP contribution in [0.2, 0.25) is 0 Å². The summed E-state index contributed by atoms with van der Waals surface area (Å²) in [7, 11) is 0. The summed E-state index contributed by atoms with van der Waals surface area (Å²) in [5.74, 6) is 0. The van der Waals surface area contributed by atoms with Crippen LogP contribution in [0.3, 0.4) is 0 Å². The van der Waals surface area contributed by atoms with Gasteiger partial charge < -0.3 is 14.7 Å². The number of hydrogen-bond donors (Lipinski definition) is 1. The first kappa shape index (κ1) is 24.0. The summed E-state index contributed by atoms with van der Waals surface area (Å²) in [4.78, 5) is 0. The average molecular weight is 400 g/mol.